The number of hydrogen-bond donors (Lipinski definition) is 2. The first-order valence-electron chi connectivity index (χ1n) is 9.12. The third kappa shape index (κ3) is 4.26. The van der Waals surface area contributed by atoms with E-state index in [1.54, 1.807) is 59.4 Å². The Morgan fingerprint density at radius 3 is 2.53 bits per heavy atom. The maximum Gasteiger partial charge on any atom is 0.291 e. The molecule has 0 atom stereocenters. The van der Waals surface area contributed by atoms with Crippen LogP contribution in [0.1, 0.15) is 26.5 Å². The van der Waals surface area contributed by atoms with Crippen molar-refractivity contribution in [3.8, 4) is 0 Å². The number of amides is 2. The first kappa shape index (κ1) is 19.5. The summed E-state index contributed by atoms with van der Waals surface area (Å²) in [4.78, 5) is 25.2. The standard InChI is InChI=1S/C22H17ClN4O3/c23-17-8-3-1-6-15(17)14-27-20(11-12-24-27)26-21(28)16-7-2-4-9-18(16)25-22(29)19-10-5-13-30-19/h1-13H,14H2,(H,25,29)(H,26,28). The molecule has 0 saturated carbocycles. The number of carbonyl (C=O) groups excluding carboxylic acids is 2. The summed E-state index contributed by atoms with van der Waals surface area (Å²) < 4.78 is 6.74. The Morgan fingerprint density at radius 2 is 1.73 bits per heavy atom. The molecule has 150 valence electrons. The maximum atomic E-state index is 12.9. The van der Waals surface area contributed by atoms with Gasteiger partial charge in [-0.2, -0.15) is 5.10 Å². The van der Waals surface area contributed by atoms with E-state index in [4.69, 9.17) is 16.0 Å². The van der Waals surface area contributed by atoms with Crippen LogP contribution >= 0.6 is 11.6 Å². The van der Waals surface area contributed by atoms with Crippen molar-refractivity contribution in [3.63, 3.8) is 0 Å². The lowest BCUT2D eigenvalue weighted by Gasteiger charge is -2.12. The minimum Gasteiger partial charge on any atom is -0.459 e. The van der Waals surface area contributed by atoms with E-state index in [1.165, 1.54) is 6.26 Å². The first-order valence-corrected chi connectivity index (χ1v) is 9.50. The van der Waals surface area contributed by atoms with Gasteiger partial charge in [0.2, 0.25) is 0 Å². The van der Waals surface area contributed by atoms with E-state index in [1.807, 2.05) is 18.2 Å². The van der Waals surface area contributed by atoms with Crippen LogP contribution in [0.15, 0.2) is 83.6 Å². The summed E-state index contributed by atoms with van der Waals surface area (Å²) in [6, 6.07) is 19.0. The van der Waals surface area contributed by atoms with Crippen LogP contribution in [0.5, 0.6) is 0 Å². The van der Waals surface area contributed by atoms with Crippen molar-refractivity contribution >= 4 is 34.9 Å². The molecule has 2 amide bonds. The van der Waals surface area contributed by atoms with Crippen molar-refractivity contribution in [3.05, 3.63) is 101 Å². The number of aromatic nitrogens is 2. The molecule has 2 aromatic carbocycles. The fourth-order valence-corrected chi connectivity index (χ4v) is 3.11. The summed E-state index contributed by atoms with van der Waals surface area (Å²) in [6.45, 7) is 0.402. The van der Waals surface area contributed by atoms with Crippen molar-refractivity contribution in [2.24, 2.45) is 0 Å². The summed E-state index contributed by atoms with van der Waals surface area (Å²) in [5, 5.41) is 10.4. The molecule has 7 nitrogen and oxygen atoms in total. The second-order valence-corrected chi connectivity index (χ2v) is 6.80. The largest absolute Gasteiger partial charge is 0.459 e. The Bertz CT molecular complexity index is 1180. The number of furan rings is 1. The summed E-state index contributed by atoms with van der Waals surface area (Å²) in [5.41, 5.74) is 1.56. The van der Waals surface area contributed by atoms with Gasteiger partial charge >= 0.3 is 0 Å². The highest BCUT2D eigenvalue weighted by Gasteiger charge is 2.17. The van der Waals surface area contributed by atoms with Gasteiger partial charge in [-0.25, -0.2) is 4.68 Å². The van der Waals surface area contributed by atoms with E-state index in [2.05, 4.69) is 15.7 Å². The van der Waals surface area contributed by atoms with Crippen LogP contribution in [0.3, 0.4) is 0 Å². The Morgan fingerprint density at radius 1 is 0.933 bits per heavy atom. The molecule has 0 bridgehead atoms. The lowest BCUT2D eigenvalue weighted by Crippen LogP contribution is -2.19. The minimum atomic E-state index is -0.441. The first-order chi connectivity index (χ1) is 14.6. The van der Waals surface area contributed by atoms with Gasteiger partial charge in [-0.15, -0.1) is 0 Å². The normalized spacial score (nSPS) is 10.6. The predicted octanol–water partition coefficient (Wildman–Crippen LogP) is 4.68. The summed E-state index contributed by atoms with van der Waals surface area (Å²) in [7, 11) is 0. The highest BCUT2D eigenvalue weighted by Crippen LogP contribution is 2.21. The van der Waals surface area contributed by atoms with Gasteiger partial charge in [-0.1, -0.05) is 41.9 Å². The predicted molar refractivity (Wildman–Crippen MR) is 114 cm³/mol. The van der Waals surface area contributed by atoms with Crippen LogP contribution < -0.4 is 10.6 Å². The molecule has 0 aliphatic rings. The number of hydrogen-bond acceptors (Lipinski definition) is 4. The number of para-hydroxylation sites is 1. The molecule has 8 heteroatoms. The second kappa shape index (κ2) is 8.67. The molecule has 0 spiro atoms. The zero-order valence-corrected chi connectivity index (χ0v) is 16.5. The number of nitrogens with one attached hydrogen (secondary N) is 2. The topological polar surface area (TPSA) is 89.2 Å². The fourth-order valence-electron chi connectivity index (χ4n) is 2.92. The van der Waals surface area contributed by atoms with Crippen molar-refractivity contribution < 1.29 is 14.0 Å². The molecule has 0 fully saturated rings. The van der Waals surface area contributed by atoms with E-state index >= 15 is 0 Å². The molecule has 0 aliphatic heterocycles. The van der Waals surface area contributed by atoms with Gasteiger partial charge in [-0.05, 0) is 35.9 Å². The van der Waals surface area contributed by atoms with E-state index in [-0.39, 0.29) is 11.7 Å². The van der Waals surface area contributed by atoms with Crippen LogP contribution in [-0.4, -0.2) is 21.6 Å². The van der Waals surface area contributed by atoms with E-state index in [0.29, 0.717) is 28.6 Å². The lowest BCUT2D eigenvalue weighted by molar-refractivity contribution is 0.0996. The van der Waals surface area contributed by atoms with Crippen molar-refractivity contribution in [2.75, 3.05) is 10.6 Å². The quantitative estimate of drug-likeness (QED) is 0.474. The number of nitrogens with zero attached hydrogens (tertiary/aromatic N) is 2. The molecule has 30 heavy (non-hydrogen) atoms. The molecule has 4 aromatic rings. The summed E-state index contributed by atoms with van der Waals surface area (Å²) in [5.74, 6) is -0.162. The molecule has 0 unspecified atom stereocenters. The zero-order valence-electron chi connectivity index (χ0n) is 15.7. The minimum absolute atomic E-state index is 0.156. The molecule has 2 aromatic heterocycles. The van der Waals surface area contributed by atoms with E-state index < -0.39 is 5.91 Å². The SMILES string of the molecule is O=C(Nc1ccccc1C(=O)Nc1ccnn1Cc1ccccc1Cl)c1ccco1. The maximum absolute atomic E-state index is 12.9. The summed E-state index contributed by atoms with van der Waals surface area (Å²) >= 11 is 6.23. The van der Waals surface area contributed by atoms with Gasteiger partial charge in [0, 0.05) is 11.1 Å². The highest BCUT2D eigenvalue weighted by molar-refractivity contribution is 6.31. The molecule has 4 rings (SSSR count). The monoisotopic (exact) mass is 420 g/mol. The Kier molecular flexibility index (Phi) is 5.63. The van der Waals surface area contributed by atoms with Crippen LogP contribution in [0, 0.1) is 0 Å². The van der Waals surface area contributed by atoms with Gasteiger partial charge in [0.15, 0.2) is 5.76 Å². The average Bonchev–Trinajstić information content (AvgIpc) is 3.43. The van der Waals surface area contributed by atoms with Gasteiger partial charge in [0.1, 0.15) is 5.82 Å². The number of benzene rings is 2. The van der Waals surface area contributed by atoms with Gasteiger partial charge in [0.05, 0.1) is 30.3 Å². The molecular weight excluding hydrogens is 404 g/mol. The Balaban J connectivity index is 1.52. The fraction of sp³-hybridized carbons (Fsp3) is 0.0455. The van der Waals surface area contributed by atoms with E-state index in [9.17, 15) is 9.59 Å². The summed E-state index contributed by atoms with van der Waals surface area (Å²) in [6.07, 6.45) is 3.00. The number of rotatable bonds is 6. The van der Waals surface area contributed by atoms with Crippen LogP contribution in [-0.2, 0) is 6.54 Å². The van der Waals surface area contributed by atoms with E-state index in [0.717, 1.165) is 5.56 Å². The smallest absolute Gasteiger partial charge is 0.291 e. The van der Waals surface area contributed by atoms with Crippen LogP contribution in [0.2, 0.25) is 5.02 Å². The molecular formula is C22H17ClN4O3. The van der Waals surface area contributed by atoms with Crippen molar-refractivity contribution in [1.29, 1.82) is 0 Å². The van der Waals surface area contributed by atoms with Gasteiger partial charge < -0.3 is 15.1 Å². The molecule has 2 N–H and O–H groups in total. The molecule has 0 radical (unpaired) electrons. The third-order valence-corrected chi connectivity index (χ3v) is 4.77. The third-order valence-electron chi connectivity index (χ3n) is 4.40. The van der Waals surface area contributed by atoms with Crippen LogP contribution in [0.4, 0.5) is 11.5 Å². The number of anilines is 2. The van der Waals surface area contributed by atoms with Gasteiger partial charge in [-0.3, -0.25) is 9.59 Å². The number of halogens is 1. The molecule has 0 saturated heterocycles. The lowest BCUT2D eigenvalue weighted by atomic mass is 10.1. The van der Waals surface area contributed by atoms with Crippen molar-refractivity contribution in [2.45, 2.75) is 6.54 Å². The Labute approximate surface area is 177 Å². The van der Waals surface area contributed by atoms with Crippen molar-refractivity contribution in [1.82, 2.24) is 9.78 Å². The molecule has 0 aliphatic carbocycles. The van der Waals surface area contributed by atoms with Crippen LogP contribution in [0.25, 0.3) is 0 Å². The number of carbonyl (C=O) groups is 2. The zero-order chi connectivity index (χ0) is 20.9. The average molecular weight is 421 g/mol. The Hall–Kier alpha value is -3.84. The highest BCUT2D eigenvalue weighted by atomic mass is 35.5. The second-order valence-electron chi connectivity index (χ2n) is 6.40. The molecule has 2 heterocycles. The van der Waals surface area contributed by atoms with Gasteiger partial charge in [0.25, 0.3) is 11.8 Å².